The minimum Gasteiger partial charge on any atom is -0.395 e. The van der Waals surface area contributed by atoms with Gasteiger partial charge in [-0.1, -0.05) is 51.1 Å². The molecule has 3 heteroatoms. The highest BCUT2D eigenvalue weighted by atomic mass is 16.3. The van der Waals surface area contributed by atoms with Crippen LogP contribution < -0.4 is 5.73 Å². The van der Waals surface area contributed by atoms with E-state index >= 15 is 0 Å². The smallest absolute Gasteiger partial charge is 0.0602 e. The monoisotopic (exact) mass is 250 g/mol. The summed E-state index contributed by atoms with van der Waals surface area (Å²) < 4.78 is 0. The summed E-state index contributed by atoms with van der Waals surface area (Å²) in [4.78, 5) is 2.13. The second-order valence-electron chi connectivity index (χ2n) is 6.04. The second-order valence-corrected chi connectivity index (χ2v) is 6.04. The number of rotatable bonds is 5. The molecule has 1 rings (SSSR count). The standard InChI is InChI=1S/C15H26N2O/c1-15(2,3)14(16)13(11-18)17(4)10-12-8-6-5-7-9-12/h5-9,13-14,18H,10-11,16H2,1-4H3. The predicted molar refractivity (Wildman–Crippen MR) is 76.2 cm³/mol. The largest absolute Gasteiger partial charge is 0.395 e. The Morgan fingerprint density at radius 1 is 1.22 bits per heavy atom. The molecular weight excluding hydrogens is 224 g/mol. The molecule has 0 bridgehead atoms. The van der Waals surface area contributed by atoms with Gasteiger partial charge < -0.3 is 10.8 Å². The first-order chi connectivity index (χ1) is 8.36. The Bertz CT molecular complexity index is 345. The fourth-order valence-electron chi connectivity index (χ4n) is 2.09. The van der Waals surface area contributed by atoms with Crippen molar-refractivity contribution in [2.24, 2.45) is 11.1 Å². The molecule has 0 heterocycles. The molecule has 0 aliphatic rings. The van der Waals surface area contributed by atoms with Gasteiger partial charge in [-0.3, -0.25) is 4.90 Å². The molecule has 0 aromatic heterocycles. The summed E-state index contributed by atoms with van der Waals surface area (Å²) in [7, 11) is 2.01. The number of aliphatic hydroxyl groups excluding tert-OH is 1. The van der Waals surface area contributed by atoms with Crippen molar-refractivity contribution in [2.75, 3.05) is 13.7 Å². The quantitative estimate of drug-likeness (QED) is 0.838. The number of hydrogen-bond acceptors (Lipinski definition) is 3. The minimum absolute atomic E-state index is 0.0155. The van der Waals surface area contributed by atoms with Crippen molar-refractivity contribution in [2.45, 2.75) is 39.4 Å². The van der Waals surface area contributed by atoms with Crippen molar-refractivity contribution in [3.63, 3.8) is 0 Å². The molecule has 0 aliphatic carbocycles. The maximum Gasteiger partial charge on any atom is 0.0602 e. The topological polar surface area (TPSA) is 49.5 Å². The van der Waals surface area contributed by atoms with E-state index in [1.807, 2.05) is 25.2 Å². The Labute approximate surface area is 111 Å². The SMILES string of the molecule is CN(Cc1ccccc1)C(CO)C(N)C(C)(C)C. The highest BCUT2D eigenvalue weighted by Gasteiger charge is 2.30. The molecule has 3 nitrogen and oxygen atoms in total. The van der Waals surface area contributed by atoms with Crippen molar-refractivity contribution in [1.82, 2.24) is 4.90 Å². The van der Waals surface area contributed by atoms with Crippen LogP contribution in [0.1, 0.15) is 26.3 Å². The Kier molecular flexibility index (Phi) is 5.32. The van der Waals surface area contributed by atoms with Gasteiger partial charge in [0.25, 0.3) is 0 Å². The van der Waals surface area contributed by atoms with Crippen LogP contribution in [0.4, 0.5) is 0 Å². The molecule has 18 heavy (non-hydrogen) atoms. The number of benzene rings is 1. The lowest BCUT2D eigenvalue weighted by Gasteiger charge is -2.38. The van der Waals surface area contributed by atoms with Crippen molar-refractivity contribution in [1.29, 1.82) is 0 Å². The van der Waals surface area contributed by atoms with Gasteiger partial charge in [0, 0.05) is 18.6 Å². The summed E-state index contributed by atoms with van der Waals surface area (Å²) in [6.07, 6.45) is 0. The van der Waals surface area contributed by atoms with Gasteiger partial charge in [0.15, 0.2) is 0 Å². The molecule has 0 radical (unpaired) electrons. The third-order valence-electron chi connectivity index (χ3n) is 3.44. The third kappa shape index (κ3) is 4.09. The molecule has 2 unspecified atom stereocenters. The van der Waals surface area contributed by atoms with Crippen molar-refractivity contribution in [3.05, 3.63) is 35.9 Å². The van der Waals surface area contributed by atoms with Gasteiger partial charge in [0.2, 0.25) is 0 Å². The van der Waals surface area contributed by atoms with E-state index in [0.29, 0.717) is 0 Å². The van der Waals surface area contributed by atoms with E-state index in [4.69, 9.17) is 5.73 Å². The Morgan fingerprint density at radius 3 is 2.22 bits per heavy atom. The summed E-state index contributed by atoms with van der Waals surface area (Å²) in [5.41, 5.74) is 7.48. The van der Waals surface area contributed by atoms with E-state index in [2.05, 4.69) is 37.8 Å². The van der Waals surface area contributed by atoms with Crippen LogP contribution in [0.5, 0.6) is 0 Å². The van der Waals surface area contributed by atoms with Gasteiger partial charge in [-0.2, -0.15) is 0 Å². The first kappa shape index (κ1) is 15.2. The first-order valence-corrected chi connectivity index (χ1v) is 6.47. The molecule has 0 saturated carbocycles. The van der Waals surface area contributed by atoms with Crippen LogP contribution in [0, 0.1) is 5.41 Å². The molecule has 1 aromatic carbocycles. The van der Waals surface area contributed by atoms with Crippen molar-refractivity contribution >= 4 is 0 Å². The molecular formula is C15H26N2O. The van der Waals surface area contributed by atoms with Crippen molar-refractivity contribution < 1.29 is 5.11 Å². The fraction of sp³-hybridized carbons (Fsp3) is 0.600. The summed E-state index contributed by atoms with van der Waals surface area (Å²) >= 11 is 0. The average Bonchev–Trinajstić information content (AvgIpc) is 2.29. The van der Waals surface area contributed by atoms with Gasteiger partial charge >= 0.3 is 0 Å². The molecule has 0 aliphatic heterocycles. The summed E-state index contributed by atoms with van der Waals surface area (Å²) in [5.74, 6) is 0. The van der Waals surface area contributed by atoms with Gasteiger partial charge in [0.1, 0.15) is 0 Å². The number of nitrogens with two attached hydrogens (primary N) is 1. The maximum absolute atomic E-state index is 9.59. The Balaban J connectivity index is 2.71. The average molecular weight is 250 g/mol. The van der Waals surface area contributed by atoms with Crippen LogP contribution in [-0.4, -0.2) is 35.7 Å². The van der Waals surface area contributed by atoms with E-state index in [-0.39, 0.29) is 24.1 Å². The fourth-order valence-corrected chi connectivity index (χ4v) is 2.09. The number of aliphatic hydroxyl groups is 1. The lowest BCUT2D eigenvalue weighted by Crippen LogP contribution is -2.54. The van der Waals surface area contributed by atoms with Crippen LogP contribution in [0.2, 0.25) is 0 Å². The Hall–Kier alpha value is -0.900. The molecule has 0 fully saturated rings. The maximum atomic E-state index is 9.59. The normalized spacial score (nSPS) is 15.7. The zero-order chi connectivity index (χ0) is 13.8. The highest BCUT2D eigenvalue weighted by molar-refractivity contribution is 5.14. The first-order valence-electron chi connectivity index (χ1n) is 6.47. The van der Waals surface area contributed by atoms with Crippen LogP contribution in [0.15, 0.2) is 30.3 Å². The van der Waals surface area contributed by atoms with E-state index in [1.165, 1.54) is 5.56 Å². The number of nitrogens with zero attached hydrogens (tertiary/aromatic N) is 1. The van der Waals surface area contributed by atoms with Crippen LogP contribution >= 0.6 is 0 Å². The van der Waals surface area contributed by atoms with E-state index < -0.39 is 0 Å². The molecule has 102 valence electrons. The number of hydrogen-bond donors (Lipinski definition) is 2. The van der Waals surface area contributed by atoms with Crippen LogP contribution in [0.3, 0.4) is 0 Å². The van der Waals surface area contributed by atoms with Gasteiger partial charge in [-0.15, -0.1) is 0 Å². The summed E-state index contributed by atoms with van der Waals surface area (Å²) in [5, 5.41) is 9.59. The van der Waals surface area contributed by atoms with Crippen LogP contribution in [-0.2, 0) is 6.54 Å². The molecule has 0 saturated heterocycles. The van der Waals surface area contributed by atoms with E-state index in [1.54, 1.807) is 0 Å². The third-order valence-corrected chi connectivity index (χ3v) is 3.44. The second kappa shape index (κ2) is 6.32. The predicted octanol–water partition coefficient (Wildman–Crippen LogP) is 1.85. The van der Waals surface area contributed by atoms with Gasteiger partial charge in [-0.05, 0) is 18.0 Å². The summed E-state index contributed by atoms with van der Waals surface area (Å²) in [6.45, 7) is 7.21. The van der Waals surface area contributed by atoms with Crippen molar-refractivity contribution in [3.8, 4) is 0 Å². The molecule has 1 aromatic rings. The lowest BCUT2D eigenvalue weighted by molar-refractivity contribution is 0.0843. The van der Waals surface area contributed by atoms with E-state index in [9.17, 15) is 5.11 Å². The zero-order valence-electron chi connectivity index (χ0n) is 11.9. The van der Waals surface area contributed by atoms with Gasteiger partial charge in [-0.25, -0.2) is 0 Å². The summed E-state index contributed by atoms with van der Waals surface area (Å²) in [6, 6.07) is 10.2. The molecule has 2 atom stereocenters. The molecule has 0 spiro atoms. The Morgan fingerprint density at radius 2 is 1.78 bits per heavy atom. The van der Waals surface area contributed by atoms with Gasteiger partial charge in [0.05, 0.1) is 6.61 Å². The minimum atomic E-state index is -0.0591. The number of likely N-dealkylation sites (N-methyl/N-ethyl adjacent to an activating group) is 1. The van der Waals surface area contributed by atoms with Crippen LogP contribution in [0.25, 0.3) is 0 Å². The van der Waals surface area contributed by atoms with E-state index in [0.717, 1.165) is 6.54 Å². The molecule has 0 amide bonds. The zero-order valence-corrected chi connectivity index (χ0v) is 11.9. The highest BCUT2D eigenvalue weighted by Crippen LogP contribution is 2.22. The molecule has 3 N–H and O–H groups in total. The lowest BCUT2D eigenvalue weighted by atomic mass is 9.82.